The number of aryl methyl sites for hydroxylation is 1. The molecule has 2 aliphatic rings. The van der Waals surface area contributed by atoms with E-state index in [2.05, 4.69) is 15.5 Å². The van der Waals surface area contributed by atoms with Crippen LogP contribution >= 0.6 is 0 Å². The minimum absolute atomic E-state index is 0.0301. The van der Waals surface area contributed by atoms with Crippen molar-refractivity contribution in [1.82, 2.24) is 25.3 Å². The Bertz CT molecular complexity index is 627. The maximum absolute atomic E-state index is 12.7. The van der Waals surface area contributed by atoms with E-state index in [9.17, 15) is 9.59 Å². The summed E-state index contributed by atoms with van der Waals surface area (Å²) in [6.45, 7) is 4.44. The molecule has 2 amide bonds. The van der Waals surface area contributed by atoms with Gasteiger partial charge in [-0.1, -0.05) is 0 Å². The number of carbonyl (C=O) groups excluding carboxylic acids is 2. The summed E-state index contributed by atoms with van der Waals surface area (Å²) in [7, 11) is 3.60. The van der Waals surface area contributed by atoms with Crippen molar-refractivity contribution in [3.8, 4) is 0 Å². The average Bonchev–Trinajstić information content (AvgIpc) is 3.02. The van der Waals surface area contributed by atoms with E-state index in [4.69, 9.17) is 0 Å². The first kappa shape index (κ1) is 17.9. The zero-order valence-electron chi connectivity index (χ0n) is 15.4. The fourth-order valence-corrected chi connectivity index (χ4v) is 4.06. The normalized spacial score (nSPS) is 25.7. The number of carbonyl (C=O) groups is 2. The molecule has 0 spiro atoms. The number of piperidine rings is 2. The van der Waals surface area contributed by atoms with Gasteiger partial charge in [0.15, 0.2) is 0 Å². The van der Waals surface area contributed by atoms with Crippen LogP contribution in [0.5, 0.6) is 0 Å². The first-order valence-electron chi connectivity index (χ1n) is 9.19. The molecule has 7 nitrogen and oxygen atoms in total. The van der Waals surface area contributed by atoms with E-state index < -0.39 is 0 Å². The Hall–Kier alpha value is -1.89. The predicted octanol–water partition coefficient (Wildman–Crippen LogP) is 1.03. The van der Waals surface area contributed by atoms with Crippen molar-refractivity contribution >= 4 is 11.8 Å². The van der Waals surface area contributed by atoms with Gasteiger partial charge < -0.3 is 15.1 Å². The minimum atomic E-state index is 0.0301. The third kappa shape index (κ3) is 4.21. The molecule has 7 heteroatoms. The SMILES string of the molecule is Cc1cc(C(=O)N2CC3CN[C@H](CCCC(=O)N(C)C)C(C3)C2)n[nH]1. The largest absolute Gasteiger partial charge is 0.349 e. The minimum Gasteiger partial charge on any atom is -0.349 e. The molecule has 25 heavy (non-hydrogen) atoms. The van der Waals surface area contributed by atoms with Crippen LogP contribution in [0.25, 0.3) is 0 Å². The van der Waals surface area contributed by atoms with E-state index in [0.717, 1.165) is 38.2 Å². The van der Waals surface area contributed by atoms with Crippen LogP contribution in [0.2, 0.25) is 0 Å². The summed E-state index contributed by atoms with van der Waals surface area (Å²) in [5, 5.41) is 10.6. The molecule has 3 heterocycles. The number of rotatable bonds is 5. The zero-order valence-corrected chi connectivity index (χ0v) is 15.4. The number of likely N-dealkylation sites (tertiary alicyclic amines) is 1. The van der Waals surface area contributed by atoms with E-state index in [-0.39, 0.29) is 11.8 Å². The highest BCUT2D eigenvalue weighted by molar-refractivity contribution is 5.92. The standard InChI is InChI=1S/C18H29N5O2/c1-12-7-16(21-20-12)18(25)23-10-13-8-14(11-23)15(19-9-13)5-4-6-17(24)22(2)3/h7,13-15,19H,4-6,8-11H2,1-3H3,(H,20,21)/t13?,14?,15-/m1/s1. The molecule has 1 aromatic rings. The molecule has 0 aromatic carbocycles. The summed E-state index contributed by atoms with van der Waals surface area (Å²) in [5.74, 6) is 1.19. The molecule has 0 saturated carbocycles. The molecule has 0 aliphatic carbocycles. The molecule has 138 valence electrons. The monoisotopic (exact) mass is 347 g/mol. The Kier molecular flexibility index (Phi) is 5.42. The molecule has 2 N–H and O–H groups in total. The van der Waals surface area contributed by atoms with Crippen molar-refractivity contribution in [3.63, 3.8) is 0 Å². The Morgan fingerprint density at radius 2 is 2.16 bits per heavy atom. The number of hydrogen-bond donors (Lipinski definition) is 2. The van der Waals surface area contributed by atoms with Crippen molar-refractivity contribution in [1.29, 1.82) is 0 Å². The lowest BCUT2D eigenvalue weighted by Gasteiger charge is -2.45. The Morgan fingerprint density at radius 1 is 1.36 bits per heavy atom. The van der Waals surface area contributed by atoms with Crippen LogP contribution in [0.4, 0.5) is 0 Å². The molecule has 0 radical (unpaired) electrons. The molecular weight excluding hydrogens is 318 g/mol. The van der Waals surface area contributed by atoms with Gasteiger partial charge in [0.25, 0.3) is 5.91 Å². The fourth-order valence-electron chi connectivity index (χ4n) is 4.06. The van der Waals surface area contributed by atoms with Crippen molar-refractivity contribution in [2.24, 2.45) is 11.8 Å². The Labute approximate surface area is 149 Å². The first-order chi connectivity index (χ1) is 11.9. The van der Waals surface area contributed by atoms with Crippen molar-refractivity contribution in [3.05, 3.63) is 17.5 Å². The summed E-state index contributed by atoms with van der Waals surface area (Å²) in [4.78, 5) is 28.1. The van der Waals surface area contributed by atoms with E-state index in [1.165, 1.54) is 6.42 Å². The Balaban J connectivity index is 1.56. The maximum Gasteiger partial charge on any atom is 0.274 e. The summed E-state index contributed by atoms with van der Waals surface area (Å²) in [5.41, 5.74) is 1.42. The molecule has 2 bridgehead atoms. The van der Waals surface area contributed by atoms with Gasteiger partial charge in [-0.3, -0.25) is 14.7 Å². The van der Waals surface area contributed by atoms with Gasteiger partial charge in [0, 0.05) is 45.3 Å². The second-order valence-electron chi connectivity index (χ2n) is 7.70. The van der Waals surface area contributed by atoms with Gasteiger partial charge >= 0.3 is 0 Å². The van der Waals surface area contributed by atoms with E-state index in [1.54, 1.807) is 19.0 Å². The average molecular weight is 347 g/mol. The molecule has 1 aromatic heterocycles. The number of nitrogens with zero attached hydrogens (tertiary/aromatic N) is 3. The molecule has 2 aliphatic heterocycles. The van der Waals surface area contributed by atoms with Crippen LogP contribution in [0, 0.1) is 18.8 Å². The van der Waals surface area contributed by atoms with E-state index in [1.807, 2.05) is 17.9 Å². The second kappa shape index (κ2) is 7.56. The number of hydrogen-bond acceptors (Lipinski definition) is 4. The number of fused-ring (bicyclic) bond motifs is 2. The van der Waals surface area contributed by atoms with Crippen molar-refractivity contribution in [2.45, 2.75) is 38.6 Å². The molecular formula is C18H29N5O2. The lowest BCUT2D eigenvalue weighted by Crippen LogP contribution is -2.57. The summed E-state index contributed by atoms with van der Waals surface area (Å²) in [6.07, 6.45) is 3.64. The van der Waals surface area contributed by atoms with Gasteiger partial charge in [-0.2, -0.15) is 5.10 Å². The van der Waals surface area contributed by atoms with Gasteiger partial charge in [0.05, 0.1) is 0 Å². The van der Waals surface area contributed by atoms with Crippen molar-refractivity contribution < 1.29 is 9.59 Å². The highest BCUT2D eigenvalue weighted by atomic mass is 16.2. The number of aromatic nitrogens is 2. The van der Waals surface area contributed by atoms with Gasteiger partial charge in [-0.15, -0.1) is 0 Å². The van der Waals surface area contributed by atoms with Gasteiger partial charge in [0.1, 0.15) is 5.69 Å². The number of amides is 2. The topological polar surface area (TPSA) is 81.3 Å². The molecule has 3 rings (SSSR count). The lowest BCUT2D eigenvalue weighted by molar-refractivity contribution is -0.128. The first-order valence-corrected chi connectivity index (χ1v) is 9.19. The van der Waals surface area contributed by atoms with E-state index in [0.29, 0.717) is 30.0 Å². The smallest absolute Gasteiger partial charge is 0.274 e. The summed E-state index contributed by atoms with van der Waals surface area (Å²) in [6, 6.07) is 2.21. The molecule has 3 atom stereocenters. The molecule has 2 fully saturated rings. The fraction of sp³-hybridized carbons (Fsp3) is 0.722. The molecule has 2 saturated heterocycles. The van der Waals surface area contributed by atoms with Crippen LogP contribution in [-0.2, 0) is 4.79 Å². The van der Waals surface area contributed by atoms with Crippen LogP contribution in [0.1, 0.15) is 41.9 Å². The van der Waals surface area contributed by atoms with Crippen molar-refractivity contribution in [2.75, 3.05) is 33.7 Å². The van der Waals surface area contributed by atoms with Crippen LogP contribution < -0.4 is 5.32 Å². The lowest BCUT2D eigenvalue weighted by atomic mass is 9.79. The summed E-state index contributed by atoms with van der Waals surface area (Å²) >= 11 is 0. The van der Waals surface area contributed by atoms with Gasteiger partial charge in [-0.25, -0.2) is 0 Å². The van der Waals surface area contributed by atoms with Crippen LogP contribution in [0.15, 0.2) is 6.07 Å². The highest BCUT2D eigenvalue weighted by Crippen LogP contribution is 2.31. The number of nitrogens with one attached hydrogen (secondary N) is 2. The number of aromatic amines is 1. The van der Waals surface area contributed by atoms with Gasteiger partial charge in [-0.05, 0) is 50.6 Å². The second-order valence-corrected chi connectivity index (χ2v) is 7.70. The third-order valence-electron chi connectivity index (χ3n) is 5.42. The number of H-pyrrole nitrogens is 1. The van der Waals surface area contributed by atoms with Crippen LogP contribution in [-0.4, -0.2) is 71.6 Å². The van der Waals surface area contributed by atoms with Crippen LogP contribution in [0.3, 0.4) is 0 Å². The molecule has 2 unspecified atom stereocenters. The van der Waals surface area contributed by atoms with E-state index >= 15 is 0 Å². The van der Waals surface area contributed by atoms with Gasteiger partial charge in [0.2, 0.25) is 5.91 Å². The zero-order chi connectivity index (χ0) is 18.0. The predicted molar refractivity (Wildman–Crippen MR) is 95.2 cm³/mol. The Morgan fingerprint density at radius 3 is 2.84 bits per heavy atom. The quantitative estimate of drug-likeness (QED) is 0.833. The highest BCUT2D eigenvalue weighted by Gasteiger charge is 2.38. The summed E-state index contributed by atoms with van der Waals surface area (Å²) < 4.78 is 0. The third-order valence-corrected chi connectivity index (χ3v) is 5.42. The maximum atomic E-state index is 12.7.